The maximum Gasteiger partial charge on any atom is 0.352 e. The molecule has 2 aliphatic rings. The Bertz CT molecular complexity index is 1900. The lowest BCUT2D eigenvalue weighted by molar-refractivity contribution is 0.0684. The van der Waals surface area contributed by atoms with Gasteiger partial charge in [-0.2, -0.15) is 5.10 Å². The van der Waals surface area contributed by atoms with E-state index in [1.807, 2.05) is 50.4 Å². The van der Waals surface area contributed by atoms with E-state index < -0.39 is 11.8 Å². The fourth-order valence-corrected chi connectivity index (χ4v) is 7.14. The van der Waals surface area contributed by atoms with Crippen molar-refractivity contribution >= 4 is 16.9 Å². The fraction of sp³-hybridized carbons (Fsp3) is 0.333. The van der Waals surface area contributed by atoms with Gasteiger partial charge in [0.05, 0.1) is 36.7 Å². The molecule has 0 atom stereocenters. The number of aromatic nitrogens is 3. The second-order valence-corrected chi connectivity index (χ2v) is 11.7. The quantitative estimate of drug-likeness (QED) is 0.205. The first-order valence-electron chi connectivity index (χ1n) is 15.5. The molecule has 1 N–H and O–H groups in total. The lowest BCUT2D eigenvalue weighted by atomic mass is 9.96. The van der Waals surface area contributed by atoms with Crippen LogP contribution in [0, 0.1) is 5.82 Å². The van der Waals surface area contributed by atoms with Gasteiger partial charge >= 0.3 is 5.97 Å². The summed E-state index contributed by atoms with van der Waals surface area (Å²) in [5, 5.41) is 16.2. The van der Waals surface area contributed by atoms with Gasteiger partial charge in [0.2, 0.25) is 0 Å². The van der Waals surface area contributed by atoms with Crippen molar-refractivity contribution in [2.24, 2.45) is 7.05 Å². The number of carboxylic acid groups (broad SMARTS) is 1. The molecule has 3 heterocycles. The number of hydrogen-bond donors (Lipinski definition) is 1. The molecule has 1 aliphatic heterocycles. The highest BCUT2D eigenvalue weighted by molar-refractivity contribution is 6.04. The van der Waals surface area contributed by atoms with Gasteiger partial charge in [-0.05, 0) is 84.5 Å². The van der Waals surface area contributed by atoms with Crippen molar-refractivity contribution in [3.8, 4) is 16.9 Å². The number of ether oxygens (including phenoxy) is 2. The van der Waals surface area contributed by atoms with Crippen molar-refractivity contribution in [3.63, 3.8) is 0 Å². The van der Waals surface area contributed by atoms with E-state index in [-0.39, 0.29) is 18.8 Å². The molecule has 0 unspecified atom stereocenters. The number of carboxylic acids is 1. The molecule has 7 nitrogen and oxygen atoms in total. The number of nitrogens with zero attached hydrogens (tertiary/aromatic N) is 3. The minimum atomic E-state index is -1.03. The highest BCUT2D eigenvalue weighted by Crippen LogP contribution is 2.41. The number of hydrogen-bond acceptors (Lipinski definition) is 4. The fourth-order valence-electron chi connectivity index (χ4n) is 7.14. The zero-order chi connectivity index (χ0) is 30.4. The number of fused-ring (bicyclic) bond motifs is 4. The van der Waals surface area contributed by atoms with Gasteiger partial charge < -0.3 is 19.1 Å². The zero-order valence-electron chi connectivity index (χ0n) is 25.2. The summed E-state index contributed by atoms with van der Waals surface area (Å²) in [7, 11) is 1.85. The lowest BCUT2D eigenvalue weighted by Gasteiger charge is -2.15. The van der Waals surface area contributed by atoms with Crippen LogP contribution in [0.15, 0.2) is 54.6 Å². The molecule has 0 spiro atoms. The van der Waals surface area contributed by atoms with Gasteiger partial charge in [-0.15, -0.1) is 0 Å². The molecule has 0 saturated heterocycles. The number of aromatic carboxylic acids is 1. The smallest absolute Gasteiger partial charge is 0.352 e. The summed E-state index contributed by atoms with van der Waals surface area (Å²) in [5.74, 6) is -0.512. The van der Waals surface area contributed by atoms with Crippen LogP contribution in [-0.4, -0.2) is 32.0 Å². The van der Waals surface area contributed by atoms with E-state index in [0.29, 0.717) is 54.7 Å². The summed E-state index contributed by atoms with van der Waals surface area (Å²) in [4.78, 5) is 13.1. The molecule has 0 amide bonds. The summed E-state index contributed by atoms with van der Waals surface area (Å²) in [6, 6.07) is 17.3. The van der Waals surface area contributed by atoms with Crippen molar-refractivity contribution in [3.05, 3.63) is 105 Å². The van der Waals surface area contributed by atoms with Crippen molar-refractivity contribution < 1.29 is 23.8 Å². The maximum absolute atomic E-state index is 16.2. The van der Waals surface area contributed by atoms with Crippen LogP contribution in [0.4, 0.5) is 4.39 Å². The molecule has 0 radical (unpaired) electrons. The summed E-state index contributed by atoms with van der Waals surface area (Å²) >= 11 is 0. The van der Waals surface area contributed by atoms with E-state index in [9.17, 15) is 9.90 Å². The van der Waals surface area contributed by atoms with Gasteiger partial charge in [-0.1, -0.05) is 43.3 Å². The zero-order valence-corrected chi connectivity index (χ0v) is 25.2. The summed E-state index contributed by atoms with van der Waals surface area (Å²) in [5.41, 5.74) is 8.61. The topological polar surface area (TPSA) is 78.5 Å². The van der Waals surface area contributed by atoms with Gasteiger partial charge in [0.15, 0.2) is 0 Å². The van der Waals surface area contributed by atoms with Crippen LogP contribution in [0.5, 0.6) is 5.75 Å². The van der Waals surface area contributed by atoms with Crippen LogP contribution in [0.2, 0.25) is 0 Å². The third-order valence-corrected chi connectivity index (χ3v) is 9.18. The van der Waals surface area contributed by atoms with E-state index in [1.54, 1.807) is 15.3 Å². The first-order chi connectivity index (χ1) is 21.5. The molecule has 8 heteroatoms. The maximum atomic E-state index is 16.2. The number of benzene rings is 3. The summed E-state index contributed by atoms with van der Waals surface area (Å²) in [6.45, 7) is 3.34. The molecule has 3 aromatic carbocycles. The number of halogens is 1. The van der Waals surface area contributed by atoms with Crippen molar-refractivity contribution in [2.45, 2.75) is 65.2 Å². The van der Waals surface area contributed by atoms with E-state index in [4.69, 9.17) is 14.6 Å². The molecular formula is C36H36FN3O4. The first-order valence-corrected chi connectivity index (χ1v) is 15.5. The molecule has 0 saturated carbocycles. The molecule has 2 aromatic heterocycles. The Hall–Kier alpha value is -4.43. The highest BCUT2D eigenvalue weighted by Gasteiger charge is 2.30. The monoisotopic (exact) mass is 593 g/mol. The van der Waals surface area contributed by atoms with Crippen LogP contribution in [-0.2, 0) is 57.2 Å². The Morgan fingerprint density at radius 1 is 1.02 bits per heavy atom. The molecule has 44 heavy (non-hydrogen) atoms. The third kappa shape index (κ3) is 4.78. The minimum Gasteiger partial charge on any atom is -0.493 e. The lowest BCUT2D eigenvalue weighted by Crippen LogP contribution is -2.13. The summed E-state index contributed by atoms with van der Waals surface area (Å²) in [6.07, 6.45) is 4.96. The van der Waals surface area contributed by atoms with Gasteiger partial charge in [0, 0.05) is 30.1 Å². The highest BCUT2D eigenvalue weighted by atomic mass is 19.1. The molecular weight excluding hydrogens is 557 g/mol. The normalized spacial score (nSPS) is 14.2. The number of carbonyl (C=O) groups is 1. The number of rotatable bonds is 7. The van der Waals surface area contributed by atoms with Crippen molar-refractivity contribution in [1.29, 1.82) is 0 Å². The van der Waals surface area contributed by atoms with Crippen molar-refractivity contribution in [1.82, 2.24) is 14.3 Å². The first kappa shape index (κ1) is 28.3. The van der Waals surface area contributed by atoms with E-state index >= 15 is 4.39 Å². The average molecular weight is 594 g/mol. The Labute approximate surface area is 255 Å². The van der Waals surface area contributed by atoms with Crippen molar-refractivity contribution in [2.75, 3.05) is 6.61 Å². The van der Waals surface area contributed by atoms with E-state index in [1.165, 1.54) is 17.2 Å². The second kappa shape index (κ2) is 11.6. The largest absolute Gasteiger partial charge is 0.493 e. The summed E-state index contributed by atoms with van der Waals surface area (Å²) < 4.78 is 32.2. The molecule has 1 aliphatic carbocycles. The molecule has 0 fully saturated rings. The van der Waals surface area contributed by atoms with Crippen LogP contribution in [0.1, 0.15) is 69.5 Å². The number of aryl methyl sites for hydroxylation is 4. The molecule has 226 valence electrons. The SMILES string of the molecule is CCc1nn(C)c2c1-c1c(F)ccc3c(CCCOc4cccc5c4CCC5)c(C(=O)O)n(c13)Cc1ccccc1COC2. The molecule has 7 rings (SSSR count). The molecule has 0 bridgehead atoms. The Kier molecular flexibility index (Phi) is 7.46. The van der Waals surface area contributed by atoms with Crippen LogP contribution < -0.4 is 4.74 Å². The van der Waals surface area contributed by atoms with Crippen LogP contribution in [0.3, 0.4) is 0 Å². The second-order valence-electron chi connectivity index (χ2n) is 11.7. The average Bonchev–Trinajstić information content (AvgIpc) is 3.70. The Balaban J connectivity index is 1.38. The Morgan fingerprint density at radius 2 is 1.84 bits per heavy atom. The Morgan fingerprint density at radius 3 is 2.66 bits per heavy atom. The van der Waals surface area contributed by atoms with E-state index in [0.717, 1.165) is 52.9 Å². The van der Waals surface area contributed by atoms with Crippen LogP contribution >= 0.6 is 0 Å². The predicted octanol–water partition coefficient (Wildman–Crippen LogP) is 7.02. The predicted molar refractivity (Wildman–Crippen MR) is 167 cm³/mol. The van der Waals surface area contributed by atoms with Crippen LogP contribution in [0.25, 0.3) is 22.0 Å². The van der Waals surface area contributed by atoms with Gasteiger partial charge in [-0.25, -0.2) is 9.18 Å². The standard InChI is InChI=1S/C36H36FN3O4/c1-3-29-33-30(39(2)38-29)21-43-20-24-10-5-4-9-23(24)19-40-34-27(16-17-28(37)32(33)34)26(35(40)36(41)42)14-8-18-44-31-15-7-12-22-11-6-13-25(22)31/h4-5,7,9-10,12,15-17H,3,6,8,11,13-14,18-21H2,1-2H3,(H,41,42). The van der Waals surface area contributed by atoms with Gasteiger partial charge in [0.25, 0.3) is 0 Å². The van der Waals surface area contributed by atoms with Gasteiger partial charge in [0.1, 0.15) is 17.3 Å². The minimum absolute atomic E-state index is 0.186. The third-order valence-electron chi connectivity index (χ3n) is 9.18. The van der Waals surface area contributed by atoms with Gasteiger partial charge in [-0.3, -0.25) is 4.68 Å². The van der Waals surface area contributed by atoms with E-state index in [2.05, 4.69) is 6.07 Å². The molecule has 5 aromatic rings.